The number of halogens is 1. The molecule has 0 bridgehead atoms. The summed E-state index contributed by atoms with van der Waals surface area (Å²) in [5, 5.41) is 4.17. The first-order valence-electron chi connectivity index (χ1n) is 7.86. The van der Waals surface area contributed by atoms with Gasteiger partial charge in [-0.25, -0.2) is 5.43 Å². The summed E-state index contributed by atoms with van der Waals surface area (Å²) in [5.74, 6) is 1.39. The molecule has 0 aliphatic heterocycles. The molecule has 4 nitrogen and oxygen atoms in total. The van der Waals surface area contributed by atoms with Gasteiger partial charge in [0.25, 0.3) is 0 Å². The number of carbonyl (C=O) groups is 1. The minimum Gasteiger partial charge on any atom is -0.496 e. The van der Waals surface area contributed by atoms with Gasteiger partial charge in [0.15, 0.2) is 0 Å². The minimum absolute atomic E-state index is 0.0912. The second-order valence-electron chi connectivity index (χ2n) is 5.49. The van der Waals surface area contributed by atoms with Gasteiger partial charge in [0, 0.05) is 17.1 Å². The molecule has 0 heterocycles. The summed E-state index contributed by atoms with van der Waals surface area (Å²) in [6, 6.07) is 14.0. The van der Waals surface area contributed by atoms with Crippen molar-refractivity contribution in [3.8, 4) is 5.75 Å². The zero-order valence-corrected chi connectivity index (χ0v) is 16.9. The number of carbonyl (C=O) groups excluding carboxylic acids is 1. The maximum Gasteiger partial charge on any atom is 0.240 e. The number of hydrogen-bond acceptors (Lipinski definition) is 4. The van der Waals surface area contributed by atoms with Gasteiger partial charge >= 0.3 is 0 Å². The highest BCUT2D eigenvalue weighted by atomic mass is 79.9. The van der Waals surface area contributed by atoms with E-state index in [0.717, 1.165) is 27.3 Å². The number of aryl methyl sites for hydroxylation is 1. The molecule has 0 aliphatic carbocycles. The van der Waals surface area contributed by atoms with E-state index in [4.69, 9.17) is 4.74 Å². The molecule has 2 aromatic carbocycles. The van der Waals surface area contributed by atoms with Crippen LogP contribution in [0.4, 0.5) is 0 Å². The van der Waals surface area contributed by atoms with Gasteiger partial charge < -0.3 is 4.74 Å². The molecule has 0 aromatic heterocycles. The van der Waals surface area contributed by atoms with Crippen LogP contribution in [0.5, 0.6) is 5.75 Å². The predicted octanol–water partition coefficient (Wildman–Crippen LogP) is 4.79. The topological polar surface area (TPSA) is 50.7 Å². The molecule has 2 aromatic rings. The summed E-state index contributed by atoms with van der Waals surface area (Å²) in [6.07, 6.45) is 0.418. The van der Waals surface area contributed by atoms with Crippen LogP contribution in [0.15, 0.2) is 56.9 Å². The molecule has 132 valence electrons. The van der Waals surface area contributed by atoms with Crippen LogP contribution in [-0.2, 0) is 4.79 Å². The molecule has 0 fully saturated rings. The lowest BCUT2D eigenvalue weighted by molar-refractivity contribution is -0.120. The Balaban J connectivity index is 1.82. The van der Waals surface area contributed by atoms with Crippen molar-refractivity contribution < 1.29 is 9.53 Å². The van der Waals surface area contributed by atoms with Crippen LogP contribution < -0.4 is 10.2 Å². The van der Waals surface area contributed by atoms with E-state index in [9.17, 15) is 4.79 Å². The van der Waals surface area contributed by atoms with Crippen molar-refractivity contribution >= 4 is 39.3 Å². The van der Waals surface area contributed by atoms with Crippen LogP contribution in [0.3, 0.4) is 0 Å². The van der Waals surface area contributed by atoms with Gasteiger partial charge in [-0.15, -0.1) is 11.8 Å². The second-order valence-corrected chi connectivity index (χ2v) is 7.52. The molecule has 25 heavy (non-hydrogen) atoms. The number of amides is 1. The fourth-order valence-electron chi connectivity index (χ4n) is 2.05. The predicted molar refractivity (Wildman–Crippen MR) is 108 cm³/mol. The SMILES string of the molecule is COc1ccc(/C(C)=N\NC(=O)CCSc2ccc(C)cc2)cc1Br. The number of benzene rings is 2. The van der Waals surface area contributed by atoms with E-state index in [0.29, 0.717) is 6.42 Å². The van der Waals surface area contributed by atoms with Crippen LogP contribution in [0.2, 0.25) is 0 Å². The molecule has 0 unspecified atom stereocenters. The third-order valence-corrected chi connectivity index (χ3v) is 5.17. The van der Waals surface area contributed by atoms with Crippen LogP contribution in [0.1, 0.15) is 24.5 Å². The third-order valence-electron chi connectivity index (χ3n) is 3.54. The summed E-state index contributed by atoms with van der Waals surface area (Å²) in [7, 11) is 1.62. The second kappa shape index (κ2) is 9.63. The van der Waals surface area contributed by atoms with Gasteiger partial charge in [-0.2, -0.15) is 5.10 Å². The normalized spacial score (nSPS) is 11.3. The molecule has 0 saturated heterocycles. The minimum atomic E-state index is -0.0912. The molecule has 0 atom stereocenters. The number of rotatable bonds is 7. The van der Waals surface area contributed by atoms with E-state index in [-0.39, 0.29) is 5.91 Å². The number of nitrogens with zero attached hydrogens (tertiary/aromatic N) is 1. The maximum atomic E-state index is 11.9. The van der Waals surface area contributed by atoms with E-state index < -0.39 is 0 Å². The van der Waals surface area contributed by atoms with Gasteiger partial charge in [0.05, 0.1) is 17.3 Å². The summed E-state index contributed by atoms with van der Waals surface area (Å²) in [4.78, 5) is 13.1. The Morgan fingerprint density at radius 2 is 1.96 bits per heavy atom. The molecular formula is C19H21BrN2O2S. The highest BCUT2D eigenvalue weighted by molar-refractivity contribution is 9.10. The molecule has 1 amide bonds. The van der Waals surface area contributed by atoms with E-state index in [2.05, 4.69) is 57.6 Å². The fourth-order valence-corrected chi connectivity index (χ4v) is 3.45. The first-order valence-corrected chi connectivity index (χ1v) is 9.64. The lowest BCUT2D eigenvalue weighted by atomic mass is 10.1. The Hall–Kier alpha value is -1.79. The van der Waals surface area contributed by atoms with E-state index in [1.54, 1.807) is 18.9 Å². The van der Waals surface area contributed by atoms with Crippen molar-refractivity contribution in [2.45, 2.75) is 25.2 Å². The van der Waals surface area contributed by atoms with E-state index in [1.165, 1.54) is 10.5 Å². The molecular weight excluding hydrogens is 400 g/mol. The Labute approximate surface area is 161 Å². The number of hydrazone groups is 1. The molecule has 0 spiro atoms. The Kier molecular flexibility index (Phi) is 7.52. The van der Waals surface area contributed by atoms with Gasteiger partial charge in [-0.1, -0.05) is 17.7 Å². The first-order chi connectivity index (χ1) is 12.0. The van der Waals surface area contributed by atoms with Crippen molar-refractivity contribution in [3.63, 3.8) is 0 Å². The highest BCUT2D eigenvalue weighted by Crippen LogP contribution is 2.25. The molecule has 0 saturated carbocycles. The first kappa shape index (κ1) is 19.5. The van der Waals surface area contributed by atoms with E-state index >= 15 is 0 Å². The van der Waals surface area contributed by atoms with Crippen molar-refractivity contribution in [1.82, 2.24) is 5.43 Å². The lowest BCUT2D eigenvalue weighted by Gasteiger charge is -2.07. The molecule has 0 radical (unpaired) electrons. The number of methoxy groups -OCH3 is 1. The Morgan fingerprint density at radius 1 is 1.24 bits per heavy atom. The van der Waals surface area contributed by atoms with Crippen molar-refractivity contribution in [2.24, 2.45) is 5.10 Å². The van der Waals surface area contributed by atoms with Crippen molar-refractivity contribution in [1.29, 1.82) is 0 Å². The zero-order chi connectivity index (χ0) is 18.2. The quantitative estimate of drug-likeness (QED) is 0.397. The number of thioether (sulfide) groups is 1. The van der Waals surface area contributed by atoms with Crippen LogP contribution in [-0.4, -0.2) is 24.5 Å². The highest BCUT2D eigenvalue weighted by Gasteiger charge is 2.05. The largest absolute Gasteiger partial charge is 0.496 e. The van der Waals surface area contributed by atoms with Gasteiger partial charge in [-0.3, -0.25) is 4.79 Å². The van der Waals surface area contributed by atoms with Gasteiger partial charge in [0.2, 0.25) is 5.91 Å². The van der Waals surface area contributed by atoms with Gasteiger partial charge in [-0.05, 0) is 65.7 Å². The molecule has 0 aliphatic rings. The number of ether oxygens (including phenoxy) is 1. The summed E-state index contributed by atoms with van der Waals surface area (Å²) >= 11 is 5.11. The maximum absolute atomic E-state index is 11.9. The lowest BCUT2D eigenvalue weighted by Crippen LogP contribution is -2.19. The van der Waals surface area contributed by atoms with Crippen LogP contribution >= 0.6 is 27.7 Å². The summed E-state index contributed by atoms with van der Waals surface area (Å²) < 4.78 is 6.06. The average Bonchev–Trinajstić information content (AvgIpc) is 2.61. The molecule has 2 rings (SSSR count). The number of hydrogen-bond donors (Lipinski definition) is 1. The standard InChI is InChI=1S/C19H21BrN2O2S/c1-13-4-7-16(8-5-13)25-11-10-19(23)22-21-14(2)15-6-9-18(24-3)17(20)12-15/h4-9,12H,10-11H2,1-3H3,(H,22,23)/b21-14-. The van der Waals surface area contributed by atoms with Crippen molar-refractivity contribution in [2.75, 3.05) is 12.9 Å². The smallest absolute Gasteiger partial charge is 0.240 e. The molecule has 1 N–H and O–H groups in total. The zero-order valence-electron chi connectivity index (χ0n) is 14.5. The Bertz CT molecular complexity index is 761. The van der Waals surface area contributed by atoms with Crippen LogP contribution in [0, 0.1) is 6.92 Å². The summed E-state index contributed by atoms with van der Waals surface area (Å²) in [5.41, 5.74) is 5.50. The van der Waals surface area contributed by atoms with E-state index in [1.807, 2.05) is 25.1 Å². The third kappa shape index (κ3) is 6.21. The molecule has 6 heteroatoms. The Morgan fingerprint density at radius 3 is 2.60 bits per heavy atom. The average molecular weight is 421 g/mol. The number of nitrogens with one attached hydrogen (secondary N) is 1. The van der Waals surface area contributed by atoms with Crippen molar-refractivity contribution in [3.05, 3.63) is 58.1 Å². The summed E-state index contributed by atoms with van der Waals surface area (Å²) in [6.45, 7) is 3.92. The fraction of sp³-hybridized carbons (Fsp3) is 0.263. The van der Waals surface area contributed by atoms with Gasteiger partial charge in [0.1, 0.15) is 5.75 Å². The van der Waals surface area contributed by atoms with Crippen LogP contribution in [0.25, 0.3) is 0 Å². The monoisotopic (exact) mass is 420 g/mol.